The van der Waals surface area contributed by atoms with Crippen LogP contribution in [-0.4, -0.2) is 10.7 Å². The van der Waals surface area contributed by atoms with Crippen LogP contribution in [0.4, 0.5) is 4.39 Å². The minimum Gasteiger partial charge on any atom is -0.390 e. The van der Waals surface area contributed by atoms with E-state index in [9.17, 15) is 9.50 Å². The van der Waals surface area contributed by atoms with E-state index >= 15 is 0 Å². The Morgan fingerprint density at radius 2 is 1.84 bits per heavy atom. The average Bonchev–Trinajstić information content (AvgIpc) is 2.37. The van der Waals surface area contributed by atoms with Crippen molar-refractivity contribution in [3.8, 4) is 0 Å². The summed E-state index contributed by atoms with van der Waals surface area (Å²) in [5.74, 6) is 0.355. The second-order valence-electron chi connectivity index (χ2n) is 5.92. The maximum Gasteiger partial charge on any atom is 0.123 e. The molecule has 0 aliphatic carbocycles. The van der Waals surface area contributed by atoms with Gasteiger partial charge in [0.05, 0.1) is 5.60 Å². The highest BCUT2D eigenvalue weighted by atomic mass is 19.1. The summed E-state index contributed by atoms with van der Waals surface area (Å²) in [6.07, 6.45) is 6.14. The third kappa shape index (κ3) is 6.20. The van der Waals surface area contributed by atoms with Crippen molar-refractivity contribution in [2.45, 2.75) is 64.9 Å². The van der Waals surface area contributed by atoms with Gasteiger partial charge in [-0.25, -0.2) is 4.39 Å². The first kappa shape index (κ1) is 16.2. The predicted molar refractivity (Wildman–Crippen MR) is 78.7 cm³/mol. The first-order valence-electron chi connectivity index (χ1n) is 7.43. The van der Waals surface area contributed by atoms with E-state index in [1.165, 1.54) is 31.4 Å². The summed E-state index contributed by atoms with van der Waals surface area (Å²) in [6.45, 7) is 6.28. The maximum absolute atomic E-state index is 12.9. The number of unbranched alkanes of at least 4 members (excludes halogenated alkanes) is 1. The molecule has 0 saturated carbocycles. The lowest BCUT2D eigenvalue weighted by molar-refractivity contribution is 0.0316. The van der Waals surface area contributed by atoms with E-state index in [0.717, 1.165) is 18.4 Å². The fourth-order valence-electron chi connectivity index (χ4n) is 2.68. The second-order valence-corrected chi connectivity index (χ2v) is 5.92. The van der Waals surface area contributed by atoms with Crippen molar-refractivity contribution in [2.24, 2.45) is 5.92 Å². The SMILES string of the molecule is CCCCC(CC)CC(C)(O)Cc1ccc(F)cc1. The van der Waals surface area contributed by atoms with Gasteiger partial charge in [0.2, 0.25) is 0 Å². The second kappa shape index (κ2) is 7.64. The molecule has 0 heterocycles. The predicted octanol–water partition coefficient (Wildman–Crippen LogP) is 4.73. The van der Waals surface area contributed by atoms with E-state index in [1.54, 1.807) is 12.1 Å². The van der Waals surface area contributed by atoms with Crippen molar-refractivity contribution < 1.29 is 9.50 Å². The molecule has 0 spiro atoms. The molecule has 1 aromatic rings. The summed E-state index contributed by atoms with van der Waals surface area (Å²) < 4.78 is 12.9. The summed E-state index contributed by atoms with van der Waals surface area (Å²) in [7, 11) is 0. The van der Waals surface area contributed by atoms with Crippen LogP contribution in [0.5, 0.6) is 0 Å². The lowest BCUT2D eigenvalue weighted by Crippen LogP contribution is -2.30. The quantitative estimate of drug-likeness (QED) is 0.721. The molecule has 2 atom stereocenters. The van der Waals surface area contributed by atoms with Gasteiger partial charge < -0.3 is 5.11 Å². The number of hydrogen-bond donors (Lipinski definition) is 1. The van der Waals surface area contributed by atoms with Crippen molar-refractivity contribution in [1.82, 2.24) is 0 Å². The van der Waals surface area contributed by atoms with Crippen LogP contribution in [0.2, 0.25) is 0 Å². The Bertz CT molecular complexity index is 356. The van der Waals surface area contributed by atoms with Crippen LogP contribution in [-0.2, 0) is 6.42 Å². The third-order valence-corrected chi connectivity index (χ3v) is 3.77. The Hall–Kier alpha value is -0.890. The highest BCUT2D eigenvalue weighted by molar-refractivity contribution is 5.18. The van der Waals surface area contributed by atoms with Crippen LogP contribution in [0.3, 0.4) is 0 Å². The molecule has 0 amide bonds. The molecule has 0 aliphatic heterocycles. The molecule has 2 unspecified atom stereocenters. The number of rotatable bonds is 8. The molecule has 0 radical (unpaired) electrons. The largest absolute Gasteiger partial charge is 0.390 e. The lowest BCUT2D eigenvalue weighted by atomic mass is 9.83. The summed E-state index contributed by atoms with van der Waals surface area (Å²) in [6, 6.07) is 6.44. The topological polar surface area (TPSA) is 20.2 Å². The molecule has 108 valence electrons. The zero-order valence-corrected chi connectivity index (χ0v) is 12.5. The average molecular weight is 266 g/mol. The highest BCUT2D eigenvalue weighted by Crippen LogP contribution is 2.27. The van der Waals surface area contributed by atoms with Gasteiger partial charge in [-0.3, -0.25) is 0 Å². The van der Waals surface area contributed by atoms with Gasteiger partial charge in [-0.05, 0) is 37.0 Å². The molecule has 19 heavy (non-hydrogen) atoms. The van der Waals surface area contributed by atoms with Crippen LogP contribution < -0.4 is 0 Å². The monoisotopic (exact) mass is 266 g/mol. The molecule has 2 heteroatoms. The van der Waals surface area contributed by atoms with Gasteiger partial charge in [0, 0.05) is 6.42 Å². The number of benzene rings is 1. The van der Waals surface area contributed by atoms with Crippen molar-refractivity contribution >= 4 is 0 Å². The van der Waals surface area contributed by atoms with Crippen LogP contribution in [0.25, 0.3) is 0 Å². The van der Waals surface area contributed by atoms with E-state index in [4.69, 9.17) is 0 Å². The maximum atomic E-state index is 12.9. The molecule has 1 aromatic carbocycles. The van der Waals surface area contributed by atoms with Crippen molar-refractivity contribution in [3.63, 3.8) is 0 Å². The van der Waals surface area contributed by atoms with Crippen LogP contribution in [0.1, 0.15) is 58.4 Å². The number of hydrogen-bond acceptors (Lipinski definition) is 1. The Morgan fingerprint density at radius 3 is 2.37 bits per heavy atom. The fraction of sp³-hybridized carbons (Fsp3) is 0.647. The van der Waals surface area contributed by atoms with Crippen LogP contribution >= 0.6 is 0 Å². The van der Waals surface area contributed by atoms with Crippen molar-refractivity contribution in [2.75, 3.05) is 0 Å². The van der Waals surface area contributed by atoms with Gasteiger partial charge in [0.15, 0.2) is 0 Å². The van der Waals surface area contributed by atoms with Gasteiger partial charge in [-0.15, -0.1) is 0 Å². The summed E-state index contributed by atoms with van der Waals surface area (Å²) in [5, 5.41) is 10.5. The Kier molecular flexibility index (Phi) is 6.50. The van der Waals surface area contributed by atoms with Crippen molar-refractivity contribution in [1.29, 1.82) is 0 Å². The molecular weight excluding hydrogens is 239 g/mol. The lowest BCUT2D eigenvalue weighted by Gasteiger charge is -2.28. The van der Waals surface area contributed by atoms with Crippen LogP contribution in [0.15, 0.2) is 24.3 Å². The van der Waals surface area contributed by atoms with Crippen molar-refractivity contribution in [3.05, 3.63) is 35.6 Å². The van der Waals surface area contributed by atoms with Gasteiger partial charge in [0.1, 0.15) is 5.82 Å². The smallest absolute Gasteiger partial charge is 0.123 e. The summed E-state index contributed by atoms with van der Waals surface area (Å²) in [4.78, 5) is 0. The normalized spacial score (nSPS) is 16.1. The molecule has 0 fully saturated rings. The van der Waals surface area contributed by atoms with Gasteiger partial charge in [-0.2, -0.15) is 0 Å². The van der Waals surface area contributed by atoms with E-state index in [-0.39, 0.29) is 5.82 Å². The Labute approximate surface area is 116 Å². The third-order valence-electron chi connectivity index (χ3n) is 3.77. The van der Waals surface area contributed by atoms with Gasteiger partial charge in [0.25, 0.3) is 0 Å². The molecule has 0 aromatic heterocycles. The molecule has 1 N–H and O–H groups in total. The zero-order valence-electron chi connectivity index (χ0n) is 12.5. The number of halogens is 1. The molecule has 1 nitrogen and oxygen atoms in total. The molecule has 0 aliphatic rings. The molecule has 0 saturated heterocycles. The summed E-state index contributed by atoms with van der Waals surface area (Å²) in [5.41, 5.74) is 0.295. The van der Waals surface area contributed by atoms with E-state index in [0.29, 0.717) is 12.3 Å². The van der Waals surface area contributed by atoms with Gasteiger partial charge >= 0.3 is 0 Å². The Balaban J connectivity index is 2.56. The standard InChI is InChI=1S/C17H27FO/c1-4-6-7-14(5-2)12-17(3,19)13-15-8-10-16(18)11-9-15/h8-11,14,19H,4-7,12-13H2,1-3H3. The van der Waals surface area contributed by atoms with Gasteiger partial charge in [-0.1, -0.05) is 51.7 Å². The molecule has 0 bridgehead atoms. The summed E-state index contributed by atoms with van der Waals surface area (Å²) >= 11 is 0. The first-order chi connectivity index (χ1) is 8.96. The number of aliphatic hydroxyl groups is 1. The zero-order chi connectivity index (χ0) is 14.3. The fourth-order valence-corrected chi connectivity index (χ4v) is 2.68. The minimum atomic E-state index is -0.702. The van der Waals surface area contributed by atoms with E-state index < -0.39 is 5.60 Å². The van der Waals surface area contributed by atoms with E-state index in [1.807, 2.05) is 6.92 Å². The van der Waals surface area contributed by atoms with E-state index in [2.05, 4.69) is 13.8 Å². The minimum absolute atomic E-state index is 0.224. The molecular formula is C17H27FO. The Morgan fingerprint density at radius 1 is 1.21 bits per heavy atom. The highest BCUT2D eigenvalue weighted by Gasteiger charge is 2.24. The first-order valence-corrected chi connectivity index (χ1v) is 7.43. The molecule has 1 rings (SSSR count). The van der Waals surface area contributed by atoms with Crippen LogP contribution in [0, 0.1) is 11.7 Å².